The van der Waals surface area contributed by atoms with Gasteiger partial charge in [0.15, 0.2) is 0 Å². The van der Waals surface area contributed by atoms with Gasteiger partial charge in [-0.3, -0.25) is 4.79 Å². The van der Waals surface area contributed by atoms with Gasteiger partial charge in [-0.15, -0.1) is 0 Å². The molecule has 0 spiro atoms. The van der Waals surface area contributed by atoms with Crippen LogP contribution in [0.1, 0.15) is 18.4 Å². The molecular weight excluding hydrogens is 262 g/mol. The van der Waals surface area contributed by atoms with E-state index in [0.29, 0.717) is 12.5 Å². The van der Waals surface area contributed by atoms with E-state index in [1.165, 1.54) is 5.56 Å². The van der Waals surface area contributed by atoms with E-state index >= 15 is 0 Å². The number of rotatable bonds is 6. The summed E-state index contributed by atoms with van der Waals surface area (Å²) in [6.07, 6.45) is 2.11. The summed E-state index contributed by atoms with van der Waals surface area (Å²) in [6, 6.07) is 10.3. The number of nitrogens with one attached hydrogen (secondary N) is 1. The Bertz CT molecular complexity index is 427. The van der Waals surface area contributed by atoms with Crippen molar-refractivity contribution in [3.63, 3.8) is 0 Å². The number of hydrogen-bond acceptors (Lipinski definition) is 3. The molecule has 21 heavy (non-hydrogen) atoms. The summed E-state index contributed by atoms with van der Waals surface area (Å²) in [6.45, 7) is 4.27. The second kappa shape index (κ2) is 8.15. The number of amides is 1. The number of hydrogen-bond donors (Lipinski definition) is 1. The van der Waals surface area contributed by atoms with Crippen molar-refractivity contribution in [1.29, 1.82) is 0 Å². The molecule has 116 valence electrons. The van der Waals surface area contributed by atoms with Crippen LogP contribution in [0.25, 0.3) is 0 Å². The summed E-state index contributed by atoms with van der Waals surface area (Å²) < 4.78 is 0. The van der Waals surface area contributed by atoms with Gasteiger partial charge >= 0.3 is 0 Å². The Morgan fingerprint density at radius 3 is 2.62 bits per heavy atom. The lowest BCUT2D eigenvalue weighted by Gasteiger charge is -2.30. The highest BCUT2D eigenvalue weighted by atomic mass is 16.2. The van der Waals surface area contributed by atoms with E-state index < -0.39 is 0 Å². The Balaban J connectivity index is 2.01. The van der Waals surface area contributed by atoms with Crippen LogP contribution in [0.4, 0.5) is 0 Å². The molecule has 1 fully saturated rings. The van der Waals surface area contributed by atoms with E-state index in [4.69, 9.17) is 0 Å². The van der Waals surface area contributed by atoms with Crippen molar-refractivity contribution in [2.45, 2.75) is 19.4 Å². The van der Waals surface area contributed by atoms with E-state index in [-0.39, 0.29) is 5.92 Å². The molecule has 1 aliphatic rings. The van der Waals surface area contributed by atoms with Crippen LogP contribution in [0, 0.1) is 5.92 Å². The van der Waals surface area contributed by atoms with Crippen LogP contribution in [0.5, 0.6) is 0 Å². The summed E-state index contributed by atoms with van der Waals surface area (Å²) >= 11 is 0. The highest BCUT2D eigenvalue weighted by molar-refractivity contribution is 5.79. The Hall–Kier alpha value is -1.39. The average molecular weight is 289 g/mol. The van der Waals surface area contributed by atoms with Crippen LogP contribution in [-0.4, -0.2) is 56.0 Å². The maximum absolute atomic E-state index is 12.8. The lowest BCUT2D eigenvalue weighted by molar-refractivity contribution is -0.136. The Kier molecular flexibility index (Phi) is 6.21. The molecule has 1 aromatic rings. The Morgan fingerprint density at radius 1 is 1.24 bits per heavy atom. The molecule has 0 radical (unpaired) electrons. The second-order valence-corrected chi connectivity index (χ2v) is 6.09. The maximum Gasteiger partial charge on any atom is 0.227 e. The fourth-order valence-corrected chi connectivity index (χ4v) is 2.71. The first kappa shape index (κ1) is 16.0. The number of benzene rings is 1. The van der Waals surface area contributed by atoms with Crippen molar-refractivity contribution in [3.05, 3.63) is 35.9 Å². The third-order valence-electron chi connectivity index (χ3n) is 3.99. The summed E-state index contributed by atoms with van der Waals surface area (Å²) in [4.78, 5) is 16.9. The zero-order chi connectivity index (χ0) is 15.1. The number of nitrogens with zero attached hydrogens (tertiary/aromatic N) is 2. The van der Waals surface area contributed by atoms with Gasteiger partial charge in [-0.05, 0) is 39.0 Å². The zero-order valence-electron chi connectivity index (χ0n) is 13.2. The minimum atomic E-state index is 0.143. The Morgan fingerprint density at radius 2 is 2.00 bits per heavy atom. The molecule has 2 rings (SSSR count). The lowest BCUT2D eigenvalue weighted by atomic mass is 9.98. The fraction of sp³-hybridized carbons (Fsp3) is 0.588. The smallest absolute Gasteiger partial charge is 0.227 e. The van der Waals surface area contributed by atoms with Gasteiger partial charge in [-0.2, -0.15) is 0 Å². The summed E-state index contributed by atoms with van der Waals surface area (Å²) in [7, 11) is 4.10. The topological polar surface area (TPSA) is 35.6 Å². The molecule has 0 aromatic heterocycles. The summed E-state index contributed by atoms with van der Waals surface area (Å²) in [5.41, 5.74) is 1.20. The van der Waals surface area contributed by atoms with Crippen molar-refractivity contribution in [3.8, 4) is 0 Å². The van der Waals surface area contributed by atoms with Crippen LogP contribution < -0.4 is 5.32 Å². The molecule has 1 heterocycles. The predicted octanol–water partition coefficient (Wildman–Crippen LogP) is 1.58. The van der Waals surface area contributed by atoms with Gasteiger partial charge in [0, 0.05) is 26.2 Å². The van der Waals surface area contributed by atoms with Gasteiger partial charge in [0.1, 0.15) is 0 Å². The highest BCUT2D eigenvalue weighted by Gasteiger charge is 2.25. The monoisotopic (exact) mass is 289 g/mol. The highest BCUT2D eigenvalue weighted by Crippen LogP contribution is 2.15. The summed E-state index contributed by atoms with van der Waals surface area (Å²) in [5.74, 6) is 0.442. The third kappa shape index (κ3) is 5.14. The summed E-state index contributed by atoms with van der Waals surface area (Å²) in [5, 5.41) is 3.34. The van der Waals surface area contributed by atoms with Crippen LogP contribution in [0.15, 0.2) is 30.3 Å². The van der Waals surface area contributed by atoms with Gasteiger partial charge in [0.2, 0.25) is 5.91 Å². The van der Waals surface area contributed by atoms with E-state index in [0.717, 1.165) is 39.0 Å². The molecule has 1 amide bonds. The molecular formula is C17H27N3O. The average Bonchev–Trinajstić information content (AvgIpc) is 2.52. The van der Waals surface area contributed by atoms with Crippen LogP contribution in [-0.2, 0) is 11.3 Å². The molecule has 4 nitrogen and oxygen atoms in total. The minimum absolute atomic E-state index is 0.143. The largest absolute Gasteiger partial charge is 0.337 e. The van der Waals surface area contributed by atoms with Gasteiger partial charge in [-0.25, -0.2) is 0 Å². The normalized spacial score (nSPS) is 18.7. The van der Waals surface area contributed by atoms with Gasteiger partial charge in [0.05, 0.1) is 5.92 Å². The first-order chi connectivity index (χ1) is 10.2. The predicted molar refractivity (Wildman–Crippen MR) is 86.0 cm³/mol. The van der Waals surface area contributed by atoms with Crippen molar-refractivity contribution in [2.75, 3.05) is 40.3 Å². The standard InChI is InChI=1S/C17H27N3O/c1-19(2)11-12-20(14-15-7-4-3-5-8-15)17(21)16-9-6-10-18-13-16/h3-5,7-8,16,18H,6,9-14H2,1-2H3. The number of piperidine rings is 1. The van der Waals surface area contributed by atoms with Crippen LogP contribution in [0.3, 0.4) is 0 Å². The van der Waals surface area contributed by atoms with Gasteiger partial charge in [-0.1, -0.05) is 30.3 Å². The molecule has 0 saturated carbocycles. The van der Waals surface area contributed by atoms with Crippen LogP contribution in [0.2, 0.25) is 0 Å². The minimum Gasteiger partial charge on any atom is -0.337 e. The first-order valence-electron chi connectivity index (χ1n) is 7.85. The van der Waals surface area contributed by atoms with E-state index in [1.807, 2.05) is 37.2 Å². The van der Waals surface area contributed by atoms with Crippen LogP contribution >= 0.6 is 0 Å². The molecule has 1 unspecified atom stereocenters. The molecule has 1 atom stereocenters. The van der Waals surface area contributed by atoms with Gasteiger partial charge in [0.25, 0.3) is 0 Å². The molecule has 0 bridgehead atoms. The van der Waals surface area contributed by atoms with Crippen molar-refractivity contribution < 1.29 is 4.79 Å². The zero-order valence-corrected chi connectivity index (χ0v) is 13.2. The first-order valence-corrected chi connectivity index (χ1v) is 7.85. The number of likely N-dealkylation sites (N-methyl/N-ethyl adjacent to an activating group) is 1. The van der Waals surface area contributed by atoms with E-state index in [9.17, 15) is 4.79 Å². The Labute approximate surface area is 128 Å². The van der Waals surface area contributed by atoms with Crippen molar-refractivity contribution in [1.82, 2.24) is 15.1 Å². The SMILES string of the molecule is CN(C)CCN(Cc1ccccc1)C(=O)C1CCCNC1. The van der Waals surface area contributed by atoms with E-state index in [1.54, 1.807) is 0 Å². The van der Waals surface area contributed by atoms with Crippen molar-refractivity contribution >= 4 is 5.91 Å². The molecule has 0 aliphatic carbocycles. The fourth-order valence-electron chi connectivity index (χ4n) is 2.71. The maximum atomic E-state index is 12.8. The molecule has 1 aromatic carbocycles. The van der Waals surface area contributed by atoms with Gasteiger partial charge < -0.3 is 15.1 Å². The second-order valence-electron chi connectivity index (χ2n) is 6.09. The quantitative estimate of drug-likeness (QED) is 0.863. The molecule has 4 heteroatoms. The van der Waals surface area contributed by atoms with E-state index in [2.05, 4.69) is 22.3 Å². The molecule has 1 N–H and O–H groups in total. The third-order valence-corrected chi connectivity index (χ3v) is 3.99. The van der Waals surface area contributed by atoms with Crippen molar-refractivity contribution in [2.24, 2.45) is 5.92 Å². The lowest BCUT2D eigenvalue weighted by Crippen LogP contribution is -2.44. The number of carbonyl (C=O) groups is 1. The molecule has 1 saturated heterocycles. The molecule has 1 aliphatic heterocycles. The number of carbonyl (C=O) groups excluding carboxylic acids is 1.